The Kier molecular flexibility index (Phi) is 12.9. The maximum atomic E-state index is 5.64. The predicted octanol–water partition coefficient (Wildman–Crippen LogP) is 3.88. The molecule has 27 heavy (non-hydrogen) atoms. The van der Waals surface area contributed by atoms with Crippen LogP contribution in [0.25, 0.3) is 0 Å². The summed E-state index contributed by atoms with van der Waals surface area (Å²) < 4.78 is 5.64. The van der Waals surface area contributed by atoms with Gasteiger partial charge in [-0.15, -0.1) is 24.0 Å². The summed E-state index contributed by atoms with van der Waals surface area (Å²) in [6.07, 6.45) is 9.02. The third-order valence-electron chi connectivity index (χ3n) is 6.03. The number of nitrogens with zero attached hydrogens (tertiary/aromatic N) is 2. The topological polar surface area (TPSA) is 48.9 Å². The monoisotopic (exact) mass is 494 g/mol. The van der Waals surface area contributed by atoms with Gasteiger partial charge in [0, 0.05) is 39.4 Å². The van der Waals surface area contributed by atoms with Gasteiger partial charge in [0.05, 0.1) is 0 Å². The van der Waals surface area contributed by atoms with Crippen molar-refractivity contribution >= 4 is 29.9 Å². The van der Waals surface area contributed by atoms with Gasteiger partial charge in [0.25, 0.3) is 0 Å². The molecule has 0 amide bonds. The number of hydrogen-bond donors (Lipinski definition) is 2. The van der Waals surface area contributed by atoms with Crippen LogP contribution in [-0.2, 0) is 4.74 Å². The van der Waals surface area contributed by atoms with Crippen molar-refractivity contribution in [3.63, 3.8) is 0 Å². The first kappa shape index (κ1) is 25.0. The van der Waals surface area contributed by atoms with Crippen LogP contribution in [-0.4, -0.2) is 63.3 Å². The molecule has 2 N–H and O–H groups in total. The summed E-state index contributed by atoms with van der Waals surface area (Å²) in [6.45, 7) is 14.8. The average Bonchev–Trinajstić information content (AvgIpc) is 3.28. The van der Waals surface area contributed by atoms with Crippen molar-refractivity contribution in [3.05, 3.63) is 0 Å². The zero-order chi connectivity index (χ0) is 18.7. The maximum Gasteiger partial charge on any atom is 0.191 e. The van der Waals surface area contributed by atoms with Crippen molar-refractivity contribution in [2.75, 3.05) is 52.5 Å². The lowest BCUT2D eigenvalue weighted by atomic mass is 9.83. The third kappa shape index (κ3) is 8.86. The normalized spacial score (nSPS) is 22.6. The van der Waals surface area contributed by atoms with E-state index in [-0.39, 0.29) is 24.0 Å². The third-order valence-corrected chi connectivity index (χ3v) is 6.03. The Morgan fingerprint density at radius 1 is 1.19 bits per heavy atom. The molecule has 6 heteroatoms. The Hall–Kier alpha value is -0.0800. The van der Waals surface area contributed by atoms with Gasteiger partial charge < -0.3 is 20.3 Å². The van der Waals surface area contributed by atoms with Crippen LogP contribution >= 0.6 is 24.0 Å². The highest BCUT2D eigenvalue weighted by molar-refractivity contribution is 14.0. The van der Waals surface area contributed by atoms with Crippen molar-refractivity contribution < 1.29 is 4.74 Å². The molecule has 1 unspecified atom stereocenters. The predicted molar refractivity (Wildman–Crippen MR) is 126 cm³/mol. The van der Waals surface area contributed by atoms with E-state index < -0.39 is 0 Å². The fraction of sp³-hybridized carbons (Fsp3) is 0.952. The van der Waals surface area contributed by atoms with E-state index >= 15 is 0 Å². The molecule has 1 saturated carbocycles. The van der Waals surface area contributed by atoms with Crippen molar-refractivity contribution in [2.45, 2.75) is 65.7 Å². The van der Waals surface area contributed by atoms with E-state index in [0.29, 0.717) is 5.41 Å². The second kappa shape index (κ2) is 14.0. The SMILES string of the molecule is CCCN1CCC(CNC(=NCC2(CCOCC)CCCC2)NCC)C1.I. The Balaban J connectivity index is 0.00000364. The molecule has 5 nitrogen and oxygen atoms in total. The summed E-state index contributed by atoms with van der Waals surface area (Å²) in [5.74, 6) is 1.76. The number of guanidine groups is 1. The Morgan fingerprint density at radius 2 is 1.96 bits per heavy atom. The van der Waals surface area contributed by atoms with Crippen molar-refractivity contribution in [1.82, 2.24) is 15.5 Å². The minimum absolute atomic E-state index is 0. The van der Waals surface area contributed by atoms with Gasteiger partial charge in [0.1, 0.15) is 0 Å². The lowest BCUT2D eigenvalue weighted by molar-refractivity contribution is 0.107. The van der Waals surface area contributed by atoms with Crippen LogP contribution in [0.2, 0.25) is 0 Å². The summed E-state index contributed by atoms with van der Waals surface area (Å²) in [4.78, 5) is 7.58. The number of halogens is 1. The van der Waals surface area contributed by atoms with E-state index in [1.165, 1.54) is 58.2 Å². The van der Waals surface area contributed by atoms with Crippen molar-refractivity contribution in [1.29, 1.82) is 0 Å². The molecule has 2 rings (SSSR count). The van der Waals surface area contributed by atoms with Crippen LogP contribution in [0.4, 0.5) is 0 Å². The van der Waals surface area contributed by atoms with E-state index in [4.69, 9.17) is 9.73 Å². The van der Waals surface area contributed by atoms with Gasteiger partial charge in [0.2, 0.25) is 0 Å². The number of ether oxygens (including phenoxy) is 1. The van der Waals surface area contributed by atoms with E-state index in [0.717, 1.165) is 51.1 Å². The number of hydrogen-bond acceptors (Lipinski definition) is 3. The molecule has 0 bridgehead atoms. The molecule has 1 heterocycles. The molecule has 1 atom stereocenters. The van der Waals surface area contributed by atoms with Crippen LogP contribution in [0.1, 0.15) is 65.7 Å². The van der Waals surface area contributed by atoms with Gasteiger partial charge in [-0.05, 0) is 70.4 Å². The molecule has 1 aliphatic carbocycles. The molecule has 0 spiro atoms. The molecular weight excluding hydrogens is 451 g/mol. The highest BCUT2D eigenvalue weighted by Crippen LogP contribution is 2.41. The van der Waals surface area contributed by atoms with Gasteiger partial charge in [-0.3, -0.25) is 4.99 Å². The first-order chi connectivity index (χ1) is 12.7. The quantitative estimate of drug-likeness (QED) is 0.198. The van der Waals surface area contributed by atoms with Crippen LogP contribution in [0.3, 0.4) is 0 Å². The summed E-state index contributed by atoms with van der Waals surface area (Å²) in [6, 6.07) is 0. The number of likely N-dealkylation sites (tertiary alicyclic amines) is 1. The molecule has 2 aliphatic rings. The smallest absolute Gasteiger partial charge is 0.191 e. The van der Waals surface area contributed by atoms with Crippen LogP contribution in [0.5, 0.6) is 0 Å². The molecule has 0 aromatic carbocycles. The second-order valence-electron chi connectivity index (χ2n) is 8.19. The minimum atomic E-state index is 0. The fourth-order valence-corrected chi connectivity index (χ4v) is 4.47. The van der Waals surface area contributed by atoms with Gasteiger partial charge in [-0.25, -0.2) is 0 Å². The summed E-state index contributed by atoms with van der Waals surface area (Å²) >= 11 is 0. The zero-order valence-electron chi connectivity index (χ0n) is 17.9. The Bertz CT molecular complexity index is 413. The molecule has 160 valence electrons. The summed E-state index contributed by atoms with van der Waals surface area (Å²) in [7, 11) is 0. The maximum absolute atomic E-state index is 5.64. The van der Waals surface area contributed by atoms with Crippen molar-refractivity contribution in [3.8, 4) is 0 Å². The van der Waals surface area contributed by atoms with E-state index in [2.05, 4.69) is 36.3 Å². The Labute approximate surface area is 184 Å². The first-order valence-electron chi connectivity index (χ1n) is 11.0. The molecule has 1 saturated heterocycles. The fourth-order valence-electron chi connectivity index (χ4n) is 4.47. The van der Waals surface area contributed by atoms with Crippen LogP contribution in [0.15, 0.2) is 4.99 Å². The molecule has 2 fully saturated rings. The van der Waals surface area contributed by atoms with Gasteiger partial charge >= 0.3 is 0 Å². The average molecular weight is 495 g/mol. The minimum Gasteiger partial charge on any atom is -0.382 e. The van der Waals surface area contributed by atoms with Gasteiger partial charge in [-0.2, -0.15) is 0 Å². The number of rotatable bonds is 11. The lowest BCUT2D eigenvalue weighted by Crippen LogP contribution is -2.41. The van der Waals surface area contributed by atoms with E-state index in [1.807, 2.05) is 0 Å². The van der Waals surface area contributed by atoms with Crippen molar-refractivity contribution in [2.24, 2.45) is 16.3 Å². The zero-order valence-corrected chi connectivity index (χ0v) is 20.2. The number of nitrogens with one attached hydrogen (secondary N) is 2. The van der Waals surface area contributed by atoms with Crippen LogP contribution < -0.4 is 10.6 Å². The van der Waals surface area contributed by atoms with Gasteiger partial charge in [0.15, 0.2) is 5.96 Å². The highest BCUT2D eigenvalue weighted by Gasteiger charge is 2.33. The standard InChI is InChI=1S/C21H42N4O.HI/c1-4-13-25-14-9-19(17-25)16-23-20(22-5-2)24-18-21(10-7-8-11-21)12-15-26-6-3;/h19H,4-18H2,1-3H3,(H2,22,23,24);1H. The summed E-state index contributed by atoms with van der Waals surface area (Å²) in [5, 5.41) is 7.06. The van der Waals surface area contributed by atoms with Gasteiger partial charge in [-0.1, -0.05) is 19.8 Å². The second-order valence-corrected chi connectivity index (χ2v) is 8.19. The highest BCUT2D eigenvalue weighted by atomic mass is 127. The summed E-state index contributed by atoms with van der Waals surface area (Å²) in [5.41, 5.74) is 0.364. The molecule has 0 radical (unpaired) electrons. The molecule has 1 aliphatic heterocycles. The molecule has 0 aromatic heterocycles. The molecule has 0 aromatic rings. The lowest BCUT2D eigenvalue weighted by Gasteiger charge is -2.27. The first-order valence-corrected chi connectivity index (χ1v) is 11.0. The largest absolute Gasteiger partial charge is 0.382 e. The Morgan fingerprint density at radius 3 is 2.63 bits per heavy atom. The molecular formula is C21H43IN4O. The van der Waals surface area contributed by atoms with E-state index in [9.17, 15) is 0 Å². The van der Waals surface area contributed by atoms with Crippen LogP contribution in [0, 0.1) is 11.3 Å². The van der Waals surface area contributed by atoms with E-state index in [1.54, 1.807) is 0 Å². The number of aliphatic imine (C=N–C) groups is 1.